The van der Waals surface area contributed by atoms with Crippen LogP contribution in [0.3, 0.4) is 0 Å². The van der Waals surface area contributed by atoms with E-state index in [1.807, 2.05) is 26.0 Å². The van der Waals surface area contributed by atoms with Crippen LogP contribution in [0.15, 0.2) is 24.3 Å². The second kappa shape index (κ2) is 11.0. The summed E-state index contributed by atoms with van der Waals surface area (Å²) in [5, 5.41) is 0. The molecule has 7 heteroatoms. The Labute approximate surface area is 187 Å². The molecule has 1 fully saturated rings. The van der Waals surface area contributed by atoms with Crippen LogP contribution in [0.25, 0.3) is 0 Å². The molecular weight excluding hydrogens is 398 g/mol. The molecule has 4 rings (SSSR count). The Morgan fingerprint density at radius 1 is 1.13 bits per heavy atom. The molecule has 2 aliphatic rings. The first-order valence-electron chi connectivity index (χ1n) is 10.1. The fourth-order valence-corrected chi connectivity index (χ4v) is 4.04. The van der Waals surface area contributed by atoms with Crippen molar-refractivity contribution in [2.45, 2.75) is 59.8 Å². The number of fused-ring (bicyclic) bond motifs is 1. The minimum Gasteiger partial charge on any atom is -0.484 e. The Hall–Kier alpha value is -1.83. The van der Waals surface area contributed by atoms with Crippen LogP contribution >= 0.6 is 13.5 Å². The zero-order chi connectivity index (χ0) is 19.5. The largest absolute Gasteiger partial charge is 0.484 e. The van der Waals surface area contributed by atoms with Gasteiger partial charge in [0.2, 0.25) is 0 Å². The molecule has 0 aromatic carbocycles. The lowest BCUT2D eigenvalue weighted by atomic mass is 10.0. The summed E-state index contributed by atoms with van der Waals surface area (Å²) in [6, 6.07) is 8.45. The first-order chi connectivity index (χ1) is 13.6. The maximum absolute atomic E-state index is 6.25. The number of piperidine rings is 1. The normalized spacial score (nSPS) is 19.4. The zero-order valence-corrected chi connectivity index (χ0v) is 18.5. The predicted molar refractivity (Wildman–Crippen MR) is 124 cm³/mol. The van der Waals surface area contributed by atoms with E-state index in [0.29, 0.717) is 25.7 Å². The lowest BCUT2D eigenvalue weighted by molar-refractivity contribution is -0.0204. The van der Waals surface area contributed by atoms with Crippen molar-refractivity contribution in [3.8, 4) is 11.6 Å². The highest BCUT2D eigenvalue weighted by molar-refractivity contribution is 7.59. The first kappa shape index (κ1) is 24.4. The van der Waals surface area contributed by atoms with E-state index >= 15 is 0 Å². The quantitative estimate of drug-likeness (QED) is 0.698. The van der Waals surface area contributed by atoms with Gasteiger partial charge in [0.05, 0.1) is 18.4 Å². The van der Waals surface area contributed by atoms with Crippen LogP contribution in [0, 0.1) is 13.8 Å². The SMILES string of the molecule is C.Cc1cc(CO[C@H]2CCCN([C@H](C)c3ccc4c(n3)OCCO4)C2)cc(C)n1.S. The number of pyridine rings is 2. The Balaban J connectivity index is 0.00000160. The second-order valence-corrected chi connectivity index (χ2v) is 7.74. The standard InChI is InChI=1S/C22H29N3O3.CH4.H2S/c1-15-11-18(12-16(2)23-15)14-28-19-5-4-8-25(13-19)17(3)20-6-7-21-22(24-20)27-10-9-26-21;;/h6-7,11-12,17,19H,4-5,8-10,13-14H2,1-3H3;1H4;1H2/t17-,19+;;/m1../s1. The molecule has 2 atom stereocenters. The van der Waals surface area contributed by atoms with E-state index in [4.69, 9.17) is 14.2 Å². The molecule has 30 heavy (non-hydrogen) atoms. The summed E-state index contributed by atoms with van der Waals surface area (Å²) in [5.74, 6) is 1.36. The van der Waals surface area contributed by atoms with E-state index in [1.165, 1.54) is 5.56 Å². The molecule has 0 bridgehead atoms. The van der Waals surface area contributed by atoms with Crippen molar-refractivity contribution in [3.05, 3.63) is 46.9 Å². The first-order valence-corrected chi connectivity index (χ1v) is 10.1. The number of rotatable bonds is 5. The van der Waals surface area contributed by atoms with Gasteiger partial charge in [-0.2, -0.15) is 13.5 Å². The molecule has 6 nitrogen and oxygen atoms in total. The molecule has 0 amide bonds. The highest BCUT2D eigenvalue weighted by atomic mass is 32.1. The molecule has 0 saturated carbocycles. The topological polar surface area (TPSA) is 56.7 Å². The summed E-state index contributed by atoms with van der Waals surface area (Å²) < 4.78 is 17.5. The third-order valence-electron chi connectivity index (χ3n) is 5.44. The van der Waals surface area contributed by atoms with Gasteiger partial charge in [0.25, 0.3) is 5.88 Å². The number of hydrogen-bond donors (Lipinski definition) is 0. The molecule has 166 valence electrons. The van der Waals surface area contributed by atoms with E-state index in [0.717, 1.165) is 48.8 Å². The number of ether oxygens (including phenoxy) is 3. The Kier molecular flexibility index (Phi) is 8.94. The van der Waals surface area contributed by atoms with E-state index in [1.54, 1.807) is 0 Å². The maximum atomic E-state index is 6.25. The number of nitrogens with zero attached hydrogens (tertiary/aromatic N) is 3. The third-order valence-corrected chi connectivity index (χ3v) is 5.44. The zero-order valence-electron chi connectivity index (χ0n) is 17.5. The van der Waals surface area contributed by atoms with Gasteiger partial charge < -0.3 is 14.2 Å². The van der Waals surface area contributed by atoms with Crippen molar-refractivity contribution in [2.75, 3.05) is 26.3 Å². The number of hydrogen-bond acceptors (Lipinski definition) is 6. The van der Waals surface area contributed by atoms with Crippen LogP contribution in [-0.2, 0) is 11.3 Å². The minimum atomic E-state index is 0. The molecule has 4 heterocycles. The average Bonchev–Trinajstić information content (AvgIpc) is 2.71. The second-order valence-electron chi connectivity index (χ2n) is 7.74. The summed E-state index contributed by atoms with van der Waals surface area (Å²) in [5.41, 5.74) is 4.30. The van der Waals surface area contributed by atoms with Gasteiger partial charge in [-0.25, -0.2) is 4.98 Å². The van der Waals surface area contributed by atoms with Gasteiger partial charge in [-0.05, 0) is 70.0 Å². The molecule has 2 aromatic rings. The number of aromatic nitrogens is 2. The fourth-order valence-electron chi connectivity index (χ4n) is 4.04. The molecule has 0 spiro atoms. The summed E-state index contributed by atoms with van der Waals surface area (Å²) in [7, 11) is 0. The van der Waals surface area contributed by atoms with Crippen LogP contribution in [0.2, 0.25) is 0 Å². The smallest absolute Gasteiger partial charge is 0.257 e. The summed E-state index contributed by atoms with van der Waals surface area (Å²) in [6.07, 6.45) is 2.47. The number of aryl methyl sites for hydroxylation is 2. The van der Waals surface area contributed by atoms with Crippen LogP contribution in [0.1, 0.15) is 55.9 Å². The van der Waals surface area contributed by atoms with E-state index < -0.39 is 0 Å². The van der Waals surface area contributed by atoms with E-state index in [-0.39, 0.29) is 33.1 Å². The summed E-state index contributed by atoms with van der Waals surface area (Å²) >= 11 is 0. The van der Waals surface area contributed by atoms with Crippen molar-refractivity contribution < 1.29 is 14.2 Å². The van der Waals surface area contributed by atoms with Crippen molar-refractivity contribution in [3.63, 3.8) is 0 Å². The molecule has 2 aromatic heterocycles. The van der Waals surface area contributed by atoms with Gasteiger partial charge in [0, 0.05) is 24.0 Å². The molecular formula is C23H35N3O3S. The Bertz CT molecular complexity index is 813. The monoisotopic (exact) mass is 433 g/mol. The molecule has 1 saturated heterocycles. The van der Waals surface area contributed by atoms with Crippen molar-refractivity contribution in [2.24, 2.45) is 0 Å². The van der Waals surface area contributed by atoms with Gasteiger partial charge >= 0.3 is 0 Å². The molecule has 0 N–H and O–H groups in total. The molecule has 2 aliphatic heterocycles. The lowest BCUT2D eigenvalue weighted by Crippen LogP contribution is -2.41. The average molecular weight is 434 g/mol. The minimum absolute atomic E-state index is 0. The van der Waals surface area contributed by atoms with Gasteiger partial charge in [-0.15, -0.1) is 0 Å². The maximum Gasteiger partial charge on any atom is 0.257 e. The highest BCUT2D eigenvalue weighted by Gasteiger charge is 2.26. The van der Waals surface area contributed by atoms with Crippen molar-refractivity contribution >= 4 is 13.5 Å². The number of likely N-dealkylation sites (tertiary alicyclic amines) is 1. The Morgan fingerprint density at radius 3 is 2.63 bits per heavy atom. The van der Waals surface area contributed by atoms with Gasteiger partial charge in [-0.3, -0.25) is 9.88 Å². The van der Waals surface area contributed by atoms with Crippen molar-refractivity contribution in [1.82, 2.24) is 14.9 Å². The lowest BCUT2D eigenvalue weighted by Gasteiger charge is -2.36. The predicted octanol–water partition coefficient (Wildman–Crippen LogP) is 4.36. The summed E-state index contributed by atoms with van der Waals surface area (Å²) in [4.78, 5) is 11.6. The van der Waals surface area contributed by atoms with Crippen LogP contribution in [-0.4, -0.2) is 47.3 Å². The van der Waals surface area contributed by atoms with E-state index in [9.17, 15) is 0 Å². The fraction of sp³-hybridized carbons (Fsp3) is 0.565. The third kappa shape index (κ3) is 5.86. The highest BCUT2D eigenvalue weighted by Crippen LogP contribution is 2.31. The Morgan fingerprint density at radius 2 is 1.87 bits per heavy atom. The summed E-state index contributed by atoms with van der Waals surface area (Å²) in [6.45, 7) is 10.0. The van der Waals surface area contributed by atoms with Gasteiger partial charge in [-0.1, -0.05) is 7.43 Å². The van der Waals surface area contributed by atoms with Crippen molar-refractivity contribution in [1.29, 1.82) is 0 Å². The van der Waals surface area contributed by atoms with Crippen LogP contribution < -0.4 is 9.47 Å². The molecule has 0 aliphatic carbocycles. The van der Waals surface area contributed by atoms with Gasteiger partial charge in [0.15, 0.2) is 5.75 Å². The molecule has 0 radical (unpaired) electrons. The van der Waals surface area contributed by atoms with Gasteiger partial charge in [0.1, 0.15) is 13.2 Å². The van der Waals surface area contributed by atoms with Crippen LogP contribution in [0.4, 0.5) is 0 Å². The van der Waals surface area contributed by atoms with Crippen LogP contribution in [0.5, 0.6) is 11.6 Å². The van der Waals surface area contributed by atoms with E-state index in [2.05, 4.69) is 33.9 Å². The molecule has 0 unspecified atom stereocenters.